The lowest BCUT2D eigenvalue weighted by Crippen LogP contribution is -1.95. The molecule has 3 heterocycles. The van der Waals surface area contributed by atoms with Crippen LogP contribution in [-0.4, -0.2) is 32.1 Å². The number of benzene rings is 2. The molecule has 0 spiro atoms. The number of hydrogen-bond donors (Lipinski definition) is 0. The Hall–Kier alpha value is -3.66. The fourth-order valence-electron chi connectivity index (χ4n) is 2.83. The van der Waals surface area contributed by atoms with E-state index in [2.05, 4.69) is 20.5 Å². The van der Waals surface area contributed by atoms with Gasteiger partial charge in [0.05, 0.1) is 12.7 Å². The van der Waals surface area contributed by atoms with Crippen LogP contribution < -0.4 is 4.74 Å². The lowest BCUT2D eigenvalue weighted by molar-refractivity contribution is 0.414. The van der Waals surface area contributed by atoms with Crippen LogP contribution in [0, 0.1) is 11.6 Å². The molecule has 29 heavy (non-hydrogen) atoms. The molecule has 0 aliphatic carbocycles. The largest absolute Gasteiger partial charge is 0.497 e. The van der Waals surface area contributed by atoms with Gasteiger partial charge in [-0.3, -0.25) is 0 Å². The van der Waals surface area contributed by atoms with E-state index in [0.717, 1.165) is 17.4 Å². The zero-order valence-corrected chi connectivity index (χ0v) is 15.7. The maximum atomic E-state index is 14.2. The summed E-state index contributed by atoms with van der Waals surface area (Å²) in [6, 6.07) is 13.0. The van der Waals surface area contributed by atoms with Crippen molar-refractivity contribution in [2.24, 2.45) is 0 Å². The molecule has 7 nitrogen and oxygen atoms in total. The van der Waals surface area contributed by atoms with E-state index in [4.69, 9.17) is 9.26 Å². The normalized spacial score (nSPS) is 11.3. The third kappa shape index (κ3) is 2.93. The van der Waals surface area contributed by atoms with E-state index in [1.807, 2.05) is 24.3 Å². The van der Waals surface area contributed by atoms with E-state index in [0.29, 0.717) is 21.4 Å². The third-order valence-corrected chi connectivity index (χ3v) is 5.21. The molecule has 0 atom stereocenters. The number of aromatic nitrogens is 5. The first-order valence-corrected chi connectivity index (χ1v) is 9.24. The van der Waals surface area contributed by atoms with Crippen LogP contribution in [0.2, 0.25) is 0 Å². The molecule has 2 aromatic carbocycles. The molecule has 0 unspecified atom stereocenters. The highest BCUT2D eigenvalue weighted by molar-refractivity contribution is 7.19. The number of nitrogens with zero attached hydrogens (tertiary/aromatic N) is 5. The minimum Gasteiger partial charge on any atom is -0.497 e. The van der Waals surface area contributed by atoms with Crippen LogP contribution >= 0.6 is 11.3 Å². The van der Waals surface area contributed by atoms with Crippen molar-refractivity contribution in [2.75, 3.05) is 7.11 Å². The van der Waals surface area contributed by atoms with Crippen molar-refractivity contribution in [1.82, 2.24) is 25.0 Å². The van der Waals surface area contributed by atoms with Gasteiger partial charge in [-0.1, -0.05) is 22.6 Å². The molecule has 0 bridgehead atoms. The second-order valence-corrected chi connectivity index (χ2v) is 6.99. The zero-order chi connectivity index (χ0) is 20.0. The lowest BCUT2D eigenvalue weighted by atomic mass is 10.1. The first-order chi connectivity index (χ1) is 14.1. The minimum absolute atomic E-state index is 0.0200. The monoisotopic (exact) mass is 411 g/mol. The highest BCUT2D eigenvalue weighted by Crippen LogP contribution is 2.31. The number of halogens is 2. The van der Waals surface area contributed by atoms with Crippen LogP contribution in [0.4, 0.5) is 8.78 Å². The van der Waals surface area contributed by atoms with Gasteiger partial charge in [-0.05, 0) is 36.4 Å². The van der Waals surface area contributed by atoms with Crippen molar-refractivity contribution in [2.45, 2.75) is 0 Å². The number of fused-ring (bicyclic) bond motifs is 1. The molecule has 0 fully saturated rings. The van der Waals surface area contributed by atoms with Crippen molar-refractivity contribution in [3.05, 3.63) is 60.2 Å². The number of methoxy groups -OCH3 is 1. The molecule has 0 saturated carbocycles. The number of ether oxygens (including phenoxy) is 1. The predicted octanol–water partition coefficient (Wildman–Crippen LogP) is 4.46. The Kier molecular flexibility index (Phi) is 4.06. The molecule has 144 valence electrons. The summed E-state index contributed by atoms with van der Waals surface area (Å²) in [6.45, 7) is 0. The van der Waals surface area contributed by atoms with Gasteiger partial charge in [0.2, 0.25) is 4.96 Å². The first-order valence-electron chi connectivity index (χ1n) is 8.42. The molecular formula is C19H11F2N5O2S. The van der Waals surface area contributed by atoms with Crippen LogP contribution in [-0.2, 0) is 0 Å². The first kappa shape index (κ1) is 17.4. The van der Waals surface area contributed by atoms with Gasteiger partial charge in [-0.25, -0.2) is 8.78 Å². The Morgan fingerprint density at radius 2 is 1.90 bits per heavy atom. The quantitative estimate of drug-likeness (QED) is 0.434. The van der Waals surface area contributed by atoms with Gasteiger partial charge in [-0.15, -0.1) is 10.2 Å². The highest BCUT2D eigenvalue weighted by Gasteiger charge is 2.20. The van der Waals surface area contributed by atoms with E-state index < -0.39 is 11.6 Å². The van der Waals surface area contributed by atoms with Crippen molar-refractivity contribution in [1.29, 1.82) is 0 Å². The van der Waals surface area contributed by atoms with Gasteiger partial charge in [0.1, 0.15) is 11.4 Å². The van der Waals surface area contributed by atoms with Crippen molar-refractivity contribution in [3.63, 3.8) is 0 Å². The van der Waals surface area contributed by atoms with Gasteiger partial charge in [-0.2, -0.15) is 9.61 Å². The van der Waals surface area contributed by atoms with Gasteiger partial charge < -0.3 is 9.26 Å². The van der Waals surface area contributed by atoms with E-state index in [9.17, 15) is 8.78 Å². The van der Waals surface area contributed by atoms with E-state index in [-0.39, 0.29) is 11.4 Å². The van der Waals surface area contributed by atoms with E-state index in [1.165, 1.54) is 28.0 Å². The Balaban J connectivity index is 1.53. The Labute approximate surface area is 166 Å². The molecule has 0 saturated heterocycles. The summed E-state index contributed by atoms with van der Waals surface area (Å²) >= 11 is 1.21. The average Bonchev–Trinajstić information content (AvgIpc) is 3.45. The summed E-state index contributed by atoms with van der Waals surface area (Å²) in [5, 5.41) is 16.9. The van der Waals surface area contributed by atoms with Crippen LogP contribution in [0.15, 0.2) is 53.1 Å². The smallest absolute Gasteiger partial charge is 0.235 e. The minimum atomic E-state index is -1.00. The molecule has 0 radical (unpaired) electrons. The molecule has 0 N–H and O–H groups in total. The van der Waals surface area contributed by atoms with Gasteiger partial charge in [0.15, 0.2) is 28.2 Å². The Bertz CT molecular complexity index is 1330. The van der Waals surface area contributed by atoms with Crippen LogP contribution in [0.3, 0.4) is 0 Å². The highest BCUT2D eigenvalue weighted by atomic mass is 32.1. The van der Waals surface area contributed by atoms with Crippen LogP contribution in [0.5, 0.6) is 5.75 Å². The van der Waals surface area contributed by atoms with E-state index >= 15 is 0 Å². The molecule has 0 aliphatic heterocycles. The molecule has 3 aromatic heterocycles. The molecule has 0 amide bonds. The summed E-state index contributed by atoms with van der Waals surface area (Å²) in [4.78, 5) is 0.424. The lowest BCUT2D eigenvalue weighted by Gasteiger charge is -1.99. The summed E-state index contributed by atoms with van der Waals surface area (Å²) in [6.07, 6.45) is 0. The Morgan fingerprint density at radius 1 is 1.07 bits per heavy atom. The maximum Gasteiger partial charge on any atom is 0.235 e. The van der Waals surface area contributed by atoms with Gasteiger partial charge in [0.25, 0.3) is 0 Å². The van der Waals surface area contributed by atoms with Gasteiger partial charge in [0, 0.05) is 11.6 Å². The third-order valence-electron chi connectivity index (χ3n) is 4.29. The molecule has 5 aromatic rings. The maximum absolute atomic E-state index is 14.2. The molecule has 0 aliphatic rings. The Morgan fingerprint density at radius 3 is 2.69 bits per heavy atom. The zero-order valence-electron chi connectivity index (χ0n) is 14.8. The second-order valence-electron chi connectivity index (χ2n) is 6.03. The SMILES string of the molecule is COc1ccc(-c2cc(-c3nn4c(-c5cccc(F)c5F)nnc4s3)no2)cc1. The summed E-state index contributed by atoms with van der Waals surface area (Å²) in [7, 11) is 1.60. The van der Waals surface area contributed by atoms with Gasteiger partial charge >= 0.3 is 0 Å². The predicted molar refractivity (Wildman–Crippen MR) is 101 cm³/mol. The fraction of sp³-hybridized carbons (Fsp3) is 0.0526. The molecule has 5 rings (SSSR count). The number of rotatable bonds is 4. The topological polar surface area (TPSA) is 78.3 Å². The van der Waals surface area contributed by atoms with Crippen molar-refractivity contribution < 1.29 is 18.0 Å². The summed E-state index contributed by atoms with van der Waals surface area (Å²) < 4.78 is 39.7. The number of hydrogen-bond acceptors (Lipinski definition) is 7. The van der Waals surface area contributed by atoms with Crippen molar-refractivity contribution >= 4 is 16.3 Å². The standard InChI is InChI=1S/C19H11F2N5O2S/c1-27-11-7-5-10(6-8-11)15-9-14(25-28-15)18-24-26-17(22-23-19(26)29-18)12-3-2-4-13(20)16(12)21/h2-9H,1H3. The second kappa shape index (κ2) is 6.74. The fourth-order valence-corrected chi connectivity index (χ4v) is 3.62. The molecular weight excluding hydrogens is 400 g/mol. The van der Waals surface area contributed by atoms with Crippen LogP contribution in [0.1, 0.15) is 0 Å². The molecule has 10 heteroatoms. The average molecular weight is 411 g/mol. The van der Waals surface area contributed by atoms with Crippen molar-refractivity contribution in [3.8, 4) is 39.2 Å². The van der Waals surface area contributed by atoms with E-state index in [1.54, 1.807) is 13.2 Å². The van der Waals surface area contributed by atoms with Crippen LogP contribution in [0.25, 0.3) is 38.4 Å². The summed E-state index contributed by atoms with van der Waals surface area (Å²) in [5.41, 5.74) is 1.31. The summed E-state index contributed by atoms with van der Waals surface area (Å²) in [5.74, 6) is -0.558.